The topological polar surface area (TPSA) is 128 Å². The van der Waals surface area contributed by atoms with Gasteiger partial charge in [0.05, 0.1) is 17.1 Å². The highest BCUT2D eigenvalue weighted by atomic mass is 32.2. The molecule has 2 N–H and O–H groups in total. The third kappa shape index (κ3) is 4.26. The molecule has 1 aromatic carbocycles. The molecule has 0 bridgehead atoms. The summed E-state index contributed by atoms with van der Waals surface area (Å²) >= 11 is 0. The summed E-state index contributed by atoms with van der Waals surface area (Å²) in [5, 5.41) is 19.2. The van der Waals surface area contributed by atoms with Gasteiger partial charge in [-0.15, -0.1) is 10.2 Å². The molecule has 0 atom stereocenters. The fourth-order valence-corrected chi connectivity index (χ4v) is 4.63. The summed E-state index contributed by atoms with van der Waals surface area (Å²) < 4.78 is 35.2. The maximum atomic E-state index is 12.6. The molecule has 0 radical (unpaired) electrons. The Morgan fingerprint density at radius 1 is 1.00 bits per heavy atom. The van der Waals surface area contributed by atoms with Gasteiger partial charge >= 0.3 is 0 Å². The van der Waals surface area contributed by atoms with E-state index in [1.165, 1.54) is 0 Å². The van der Waals surface area contributed by atoms with E-state index < -0.39 is 10.0 Å². The van der Waals surface area contributed by atoms with Gasteiger partial charge in [-0.25, -0.2) is 13.1 Å². The lowest BCUT2D eigenvalue weighted by atomic mass is 10.3. The number of H-pyrrole nitrogens is 1. The first kappa shape index (κ1) is 20.5. The van der Waals surface area contributed by atoms with Crippen molar-refractivity contribution in [2.24, 2.45) is 0 Å². The summed E-state index contributed by atoms with van der Waals surface area (Å²) in [5.41, 5.74) is 3.14. The number of ether oxygens (including phenoxy) is 1. The lowest BCUT2D eigenvalue weighted by Crippen LogP contribution is -2.14. The molecule has 10 nitrogen and oxygen atoms in total. The number of rotatable bonds is 6. The molecule has 3 aromatic heterocycles. The van der Waals surface area contributed by atoms with Crippen LogP contribution >= 0.6 is 0 Å². The molecule has 0 fully saturated rings. The molecule has 0 saturated heterocycles. The second-order valence-corrected chi connectivity index (χ2v) is 8.68. The smallest absolute Gasteiger partial charge is 0.265 e. The molecule has 3 heterocycles. The van der Waals surface area contributed by atoms with E-state index in [9.17, 15) is 8.42 Å². The van der Waals surface area contributed by atoms with Gasteiger partial charge in [0.1, 0.15) is 10.6 Å². The predicted molar refractivity (Wildman–Crippen MR) is 114 cm³/mol. The fraction of sp³-hybridized carbons (Fsp3) is 0.200. The number of nitrogens with one attached hydrogen (secondary N) is 2. The highest BCUT2D eigenvalue weighted by Crippen LogP contribution is 2.24. The summed E-state index contributed by atoms with van der Waals surface area (Å²) in [5.74, 6) is 1.39. The van der Waals surface area contributed by atoms with Crippen LogP contribution in [-0.2, 0) is 10.0 Å². The number of hydrogen-bond acceptors (Lipinski definition) is 7. The average molecular weight is 440 g/mol. The quantitative estimate of drug-likeness (QED) is 0.472. The Hall–Kier alpha value is -3.73. The van der Waals surface area contributed by atoms with Crippen molar-refractivity contribution < 1.29 is 13.2 Å². The molecule has 31 heavy (non-hydrogen) atoms. The van der Waals surface area contributed by atoms with Crippen LogP contribution < -0.4 is 9.46 Å². The van der Waals surface area contributed by atoms with Gasteiger partial charge in [0, 0.05) is 17.4 Å². The van der Waals surface area contributed by atoms with Crippen molar-refractivity contribution in [3.63, 3.8) is 0 Å². The van der Waals surface area contributed by atoms with E-state index in [1.54, 1.807) is 54.9 Å². The van der Waals surface area contributed by atoms with Crippen LogP contribution in [0.1, 0.15) is 22.8 Å². The zero-order chi connectivity index (χ0) is 22.2. The second-order valence-electron chi connectivity index (χ2n) is 7.06. The van der Waals surface area contributed by atoms with Crippen LogP contribution in [0, 0.1) is 27.7 Å². The number of aromatic nitrogens is 6. The van der Waals surface area contributed by atoms with E-state index >= 15 is 0 Å². The standard InChI is InChI=1S/C20H21N7O3S/c1-12-11-13(2)27(25-12)18-9-10-19(24-23-18)30-17-7-5-16(6-8-17)26-31(28,29)20-14(3)21-22-15(20)4/h5-11,26H,1-4H3,(H,21,22). The zero-order valence-electron chi connectivity index (χ0n) is 17.4. The molecule has 0 aliphatic carbocycles. The molecule has 4 rings (SSSR count). The molecule has 160 valence electrons. The summed E-state index contributed by atoms with van der Waals surface area (Å²) in [6.07, 6.45) is 0. The maximum absolute atomic E-state index is 12.6. The van der Waals surface area contributed by atoms with Gasteiger partial charge in [0.25, 0.3) is 10.0 Å². The van der Waals surface area contributed by atoms with Crippen molar-refractivity contribution >= 4 is 15.7 Å². The molecule has 0 aliphatic heterocycles. The second kappa shape index (κ2) is 7.84. The van der Waals surface area contributed by atoms with Crippen LogP contribution in [0.4, 0.5) is 5.69 Å². The molecule has 0 spiro atoms. The third-order valence-corrected chi connectivity index (χ3v) is 6.15. The largest absolute Gasteiger partial charge is 0.438 e. The first-order valence-corrected chi connectivity index (χ1v) is 10.9. The van der Waals surface area contributed by atoms with Gasteiger partial charge in [-0.2, -0.15) is 10.2 Å². The van der Waals surface area contributed by atoms with Gasteiger partial charge in [-0.3, -0.25) is 9.82 Å². The van der Waals surface area contributed by atoms with Crippen LogP contribution in [0.5, 0.6) is 11.6 Å². The lowest BCUT2D eigenvalue weighted by Gasteiger charge is -2.09. The van der Waals surface area contributed by atoms with Gasteiger partial charge in [-0.05, 0) is 64.1 Å². The Morgan fingerprint density at radius 3 is 2.29 bits per heavy atom. The third-order valence-electron chi connectivity index (χ3n) is 4.51. The van der Waals surface area contributed by atoms with Gasteiger partial charge in [0.15, 0.2) is 5.82 Å². The van der Waals surface area contributed by atoms with Crippen LogP contribution in [-0.4, -0.2) is 38.6 Å². The number of nitrogens with zero attached hydrogens (tertiary/aromatic N) is 5. The molecular formula is C20H21N7O3S. The van der Waals surface area contributed by atoms with Crippen LogP contribution in [0.25, 0.3) is 5.82 Å². The van der Waals surface area contributed by atoms with Crippen LogP contribution in [0.2, 0.25) is 0 Å². The number of hydrogen-bond donors (Lipinski definition) is 2. The predicted octanol–water partition coefficient (Wildman–Crippen LogP) is 3.21. The molecule has 11 heteroatoms. The average Bonchev–Trinajstić information content (AvgIpc) is 3.24. The van der Waals surface area contributed by atoms with E-state index in [-0.39, 0.29) is 4.90 Å². The van der Waals surface area contributed by atoms with Crippen molar-refractivity contribution in [2.45, 2.75) is 32.6 Å². The van der Waals surface area contributed by atoms with Crippen molar-refractivity contribution in [1.82, 2.24) is 30.2 Å². The Balaban J connectivity index is 1.46. The Kier molecular flexibility index (Phi) is 5.19. The van der Waals surface area contributed by atoms with Crippen molar-refractivity contribution in [3.05, 3.63) is 65.2 Å². The fourth-order valence-electron chi connectivity index (χ4n) is 3.20. The van der Waals surface area contributed by atoms with Crippen molar-refractivity contribution in [2.75, 3.05) is 4.72 Å². The first-order valence-electron chi connectivity index (χ1n) is 9.42. The summed E-state index contributed by atoms with van der Waals surface area (Å²) in [4.78, 5) is 0.144. The van der Waals surface area contributed by atoms with E-state index in [4.69, 9.17) is 4.74 Å². The molecule has 0 unspecified atom stereocenters. The highest BCUT2D eigenvalue weighted by molar-refractivity contribution is 7.92. The molecule has 0 amide bonds. The van der Waals surface area contributed by atoms with Crippen LogP contribution in [0.15, 0.2) is 47.4 Å². The highest BCUT2D eigenvalue weighted by Gasteiger charge is 2.22. The summed E-state index contributed by atoms with van der Waals surface area (Å²) in [7, 11) is -3.75. The summed E-state index contributed by atoms with van der Waals surface area (Å²) in [6.45, 7) is 7.15. The van der Waals surface area contributed by atoms with E-state index in [2.05, 4.69) is 30.2 Å². The van der Waals surface area contributed by atoms with E-state index in [1.807, 2.05) is 19.9 Å². The minimum atomic E-state index is -3.75. The number of aromatic amines is 1. The minimum Gasteiger partial charge on any atom is -0.438 e. The molecule has 4 aromatic rings. The minimum absolute atomic E-state index is 0.144. The lowest BCUT2D eigenvalue weighted by molar-refractivity contribution is 0.454. The van der Waals surface area contributed by atoms with Crippen molar-refractivity contribution in [1.29, 1.82) is 0 Å². The number of aryl methyl sites for hydroxylation is 4. The Morgan fingerprint density at radius 2 is 1.74 bits per heavy atom. The van der Waals surface area contributed by atoms with E-state index in [0.29, 0.717) is 34.5 Å². The first-order chi connectivity index (χ1) is 14.7. The zero-order valence-corrected chi connectivity index (χ0v) is 18.2. The molecule has 0 aliphatic rings. The SMILES string of the molecule is Cc1cc(C)n(-c2ccc(Oc3ccc(NS(=O)(=O)c4c(C)n[nH]c4C)cc3)nn2)n1. The number of sulfonamides is 1. The van der Waals surface area contributed by atoms with Gasteiger partial charge in [0.2, 0.25) is 5.88 Å². The Labute approximate surface area is 179 Å². The number of benzene rings is 1. The maximum Gasteiger partial charge on any atom is 0.265 e. The van der Waals surface area contributed by atoms with Gasteiger partial charge in [-0.1, -0.05) is 0 Å². The number of anilines is 1. The van der Waals surface area contributed by atoms with E-state index in [0.717, 1.165) is 11.4 Å². The van der Waals surface area contributed by atoms with Gasteiger partial charge < -0.3 is 4.74 Å². The summed E-state index contributed by atoms with van der Waals surface area (Å²) in [6, 6.07) is 11.9. The normalized spacial score (nSPS) is 11.5. The molecule has 0 saturated carbocycles. The van der Waals surface area contributed by atoms with Crippen molar-refractivity contribution in [3.8, 4) is 17.4 Å². The molecular weight excluding hydrogens is 418 g/mol. The monoisotopic (exact) mass is 439 g/mol. The van der Waals surface area contributed by atoms with Crippen LogP contribution in [0.3, 0.4) is 0 Å². The Bertz CT molecular complexity index is 1300.